The third-order valence-electron chi connectivity index (χ3n) is 3.07. The molecule has 0 saturated heterocycles. The van der Waals surface area contributed by atoms with E-state index in [4.69, 9.17) is 5.11 Å². The smallest absolute Gasteiger partial charge is 0.145 e. The van der Waals surface area contributed by atoms with Crippen molar-refractivity contribution in [3.05, 3.63) is 47.2 Å². The average Bonchev–Trinajstić information content (AvgIpc) is 2.52. The van der Waals surface area contributed by atoms with Crippen molar-refractivity contribution >= 4 is 5.82 Å². The fraction of sp³-hybridized carbons (Fsp3) is 0.188. The predicted molar refractivity (Wildman–Crippen MR) is 79.4 cm³/mol. The average molecular weight is 278 g/mol. The van der Waals surface area contributed by atoms with Crippen LogP contribution < -0.4 is 5.32 Å². The molecule has 1 heterocycles. The molecule has 0 spiro atoms. The molecule has 2 N–H and O–H groups in total. The predicted octanol–water partition coefficient (Wildman–Crippen LogP) is 2.20. The normalized spacial score (nSPS) is 9.71. The SMILES string of the molecule is Cc1nc(NCCO)c(C#N)c(-c2ccccc2)c1C#N. The number of anilines is 1. The van der Waals surface area contributed by atoms with Crippen LogP contribution in [-0.2, 0) is 0 Å². The number of hydrogen-bond acceptors (Lipinski definition) is 5. The van der Waals surface area contributed by atoms with Crippen molar-refractivity contribution in [2.75, 3.05) is 18.5 Å². The summed E-state index contributed by atoms with van der Waals surface area (Å²) in [5.74, 6) is 0.391. The number of nitriles is 2. The van der Waals surface area contributed by atoms with Gasteiger partial charge < -0.3 is 10.4 Å². The Kier molecular flexibility index (Phi) is 4.50. The number of aliphatic hydroxyl groups is 1. The van der Waals surface area contributed by atoms with Gasteiger partial charge in [-0.05, 0) is 12.5 Å². The van der Waals surface area contributed by atoms with Crippen LogP contribution in [0.25, 0.3) is 11.1 Å². The summed E-state index contributed by atoms with van der Waals surface area (Å²) in [6.07, 6.45) is 0. The number of aromatic nitrogens is 1. The van der Waals surface area contributed by atoms with Gasteiger partial charge in [-0.2, -0.15) is 10.5 Å². The molecule has 104 valence electrons. The van der Waals surface area contributed by atoms with E-state index in [0.29, 0.717) is 34.7 Å². The molecule has 5 heteroatoms. The number of hydrogen-bond donors (Lipinski definition) is 2. The fourth-order valence-corrected chi connectivity index (χ4v) is 2.15. The molecular weight excluding hydrogens is 264 g/mol. The van der Waals surface area contributed by atoms with Crippen molar-refractivity contribution in [3.8, 4) is 23.3 Å². The van der Waals surface area contributed by atoms with Gasteiger partial charge in [0.05, 0.1) is 17.9 Å². The maximum Gasteiger partial charge on any atom is 0.145 e. The molecule has 0 atom stereocenters. The first kappa shape index (κ1) is 14.5. The van der Waals surface area contributed by atoms with Crippen LogP contribution in [0.2, 0.25) is 0 Å². The van der Waals surface area contributed by atoms with Crippen molar-refractivity contribution < 1.29 is 5.11 Å². The second-order valence-corrected chi connectivity index (χ2v) is 4.41. The third kappa shape index (κ3) is 2.84. The largest absolute Gasteiger partial charge is 0.395 e. The zero-order valence-electron chi connectivity index (χ0n) is 11.6. The molecular formula is C16H14N4O. The molecule has 21 heavy (non-hydrogen) atoms. The zero-order valence-corrected chi connectivity index (χ0v) is 11.6. The van der Waals surface area contributed by atoms with Crippen LogP contribution in [0.15, 0.2) is 30.3 Å². The molecule has 2 rings (SSSR count). The van der Waals surface area contributed by atoms with E-state index < -0.39 is 0 Å². The Morgan fingerprint density at radius 2 is 1.81 bits per heavy atom. The fourth-order valence-electron chi connectivity index (χ4n) is 2.15. The first-order valence-electron chi connectivity index (χ1n) is 6.47. The molecule has 2 aromatic rings. The lowest BCUT2D eigenvalue weighted by molar-refractivity contribution is 0.311. The number of benzene rings is 1. The second kappa shape index (κ2) is 6.51. The van der Waals surface area contributed by atoms with E-state index in [9.17, 15) is 10.5 Å². The van der Waals surface area contributed by atoms with Gasteiger partial charge in [0.1, 0.15) is 23.5 Å². The first-order valence-corrected chi connectivity index (χ1v) is 6.47. The molecule has 0 aliphatic carbocycles. The number of aryl methyl sites for hydroxylation is 1. The molecule has 1 aromatic carbocycles. The van der Waals surface area contributed by atoms with Crippen LogP contribution >= 0.6 is 0 Å². The summed E-state index contributed by atoms with van der Waals surface area (Å²) < 4.78 is 0. The van der Waals surface area contributed by atoms with E-state index in [2.05, 4.69) is 22.4 Å². The summed E-state index contributed by atoms with van der Waals surface area (Å²) in [4.78, 5) is 4.27. The highest BCUT2D eigenvalue weighted by Crippen LogP contribution is 2.32. The van der Waals surface area contributed by atoms with Crippen LogP contribution in [0.1, 0.15) is 16.8 Å². The summed E-state index contributed by atoms with van der Waals surface area (Å²) in [6.45, 7) is 1.96. The van der Waals surface area contributed by atoms with E-state index in [-0.39, 0.29) is 6.61 Å². The van der Waals surface area contributed by atoms with Crippen LogP contribution in [0, 0.1) is 29.6 Å². The Bertz CT molecular complexity index is 727. The molecule has 0 bridgehead atoms. The van der Waals surface area contributed by atoms with Gasteiger partial charge in [-0.25, -0.2) is 4.98 Å². The number of pyridine rings is 1. The topological polar surface area (TPSA) is 92.7 Å². The minimum Gasteiger partial charge on any atom is -0.395 e. The Morgan fingerprint density at radius 1 is 1.14 bits per heavy atom. The quantitative estimate of drug-likeness (QED) is 0.894. The molecule has 0 saturated carbocycles. The lowest BCUT2D eigenvalue weighted by atomic mass is 9.95. The van der Waals surface area contributed by atoms with Gasteiger partial charge in [-0.1, -0.05) is 30.3 Å². The minimum atomic E-state index is -0.0632. The summed E-state index contributed by atoms with van der Waals surface area (Å²) >= 11 is 0. The minimum absolute atomic E-state index is 0.0632. The molecule has 5 nitrogen and oxygen atoms in total. The van der Waals surface area contributed by atoms with Crippen LogP contribution in [0.5, 0.6) is 0 Å². The molecule has 0 fully saturated rings. The number of aliphatic hydroxyl groups excluding tert-OH is 1. The van der Waals surface area contributed by atoms with Gasteiger partial charge in [0.15, 0.2) is 0 Å². The van der Waals surface area contributed by atoms with Gasteiger partial charge in [0.2, 0.25) is 0 Å². The lowest BCUT2D eigenvalue weighted by Crippen LogP contribution is -2.11. The Balaban J connectivity index is 2.74. The molecule has 0 aliphatic rings. The Hall–Kier alpha value is -2.89. The van der Waals surface area contributed by atoms with Gasteiger partial charge in [0.25, 0.3) is 0 Å². The maximum absolute atomic E-state index is 9.47. The van der Waals surface area contributed by atoms with Gasteiger partial charge in [-0.3, -0.25) is 0 Å². The summed E-state index contributed by atoms with van der Waals surface area (Å²) in [7, 11) is 0. The van der Waals surface area contributed by atoms with Crippen molar-refractivity contribution in [3.63, 3.8) is 0 Å². The van der Waals surface area contributed by atoms with Crippen LogP contribution in [0.3, 0.4) is 0 Å². The van der Waals surface area contributed by atoms with Gasteiger partial charge in [0, 0.05) is 12.1 Å². The van der Waals surface area contributed by atoms with Crippen molar-refractivity contribution in [2.45, 2.75) is 6.92 Å². The van der Waals surface area contributed by atoms with E-state index in [1.54, 1.807) is 6.92 Å². The summed E-state index contributed by atoms with van der Waals surface area (Å²) in [5.41, 5.74) is 2.64. The lowest BCUT2D eigenvalue weighted by Gasteiger charge is -2.14. The molecule has 1 aromatic heterocycles. The second-order valence-electron chi connectivity index (χ2n) is 4.41. The number of rotatable bonds is 4. The van der Waals surface area contributed by atoms with Crippen molar-refractivity contribution in [1.29, 1.82) is 10.5 Å². The summed E-state index contributed by atoms with van der Waals surface area (Å²) in [5, 5.41) is 30.7. The van der Waals surface area contributed by atoms with Crippen molar-refractivity contribution in [2.24, 2.45) is 0 Å². The third-order valence-corrected chi connectivity index (χ3v) is 3.07. The first-order chi connectivity index (χ1) is 10.2. The summed E-state index contributed by atoms with van der Waals surface area (Å²) in [6, 6.07) is 13.5. The van der Waals surface area contributed by atoms with E-state index in [1.165, 1.54) is 0 Å². The number of nitrogens with zero attached hydrogens (tertiary/aromatic N) is 3. The van der Waals surface area contributed by atoms with Crippen molar-refractivity contribution in [1.82, 2.24) is 4.98 Å². The number of nitrogens with one attached hydrogen (secondary N) is 1. The Labute approximate surface area is 123 Å². The highest BCUT2D eigenvalue weighted by molar-refractivity contribution is 5.81. The molecule has 0 unspecified atom stereocenters. The van der Waals surface area contributed by atoms with E-state index in [0.717, 1.165) is 5.56 Å². The maximum atomic E-state index is 9.47. The Morgan fingerprint density at radius 3 is 2.38 bits per heavy atom. The van der Waals surface area contributed by atoms with Crippen LogP contribution in [-0.4, -0.2) is 23.2 Å². The molecule has 0 radical (unpaired) electrons. The van der Waals surface area contributed by atoms with E-state index >= 15 is 0 Å². The van der Waals surface area contributed by atoms with Gasteiger partial charge in [-0.15, -0.1) is 0 Å². The van der Waals surface area contributed by atoms with Gasteiger partial charge >= 0.3 is 0 Å². The molecule has 0 amide bonds. The molecule has 0 aliphatic heterocycles. The van der Waals surface area contributed by atoms with E-state index in [1.807, 2.05) is 30.3 Å². The standard InChI is InChI=1S/C16H14N4O/c1-11-13(9-17)15(12-5-3-2-4-6-12)14(10-18)16(20-11)19-7-8-21/h2-6,21H,7-8H2,1H3,(H,19,20). The highest BCUT2D eigenvalue weighted by atomic mass is 16.3. The monoisotopic (exact) mass is 278 g/mol. The highest BCUT2D eigenvalue weighted by Gasteiger charge is 2.18. The van der Waals surface area contributed by atoms with Crippen LogP contribution in [0.4, 0.5) is 5.82 Å². The zero-order chi connectivity index (χ0) is 15.2.